The van der Waals surface area contributed by atoms with Gasteiger partial charge in [-0.05, 0) is 36.1 Å². The molecule has 1 heterocycles. The van der Waals surface area contributed by atoms with Crippen LogP contribution in [0.1, 0.15) is 23.4 Å². The summed E-state index contributed by atoms with van der Waals surface area (Å²) in [5.41, 5.74) is 3.35. The van der Waals surface area contributed by atoms with Gasteiger partial charge in [-0.25, -0.2) is 9.78 Å². The Bertz CT molecular complexity index is 1260. The second-order valence-corrected chi connectivity index (χ2v) is 17.1. The molecule has 0 saturated carbocycles. The highest BCUT2D eigenvalue weighted by Crippen LogP contribution is 2.23. The second kappa shape index (κ2) is 12.5. The van der Waals surface area contributed by atoms with Crippen LogP contribution >= 0.6 is 0 Å². The van der Waals surface area contributed by atoms with Gasteiger partial charge in [-0.3, -0.25) is 4.55 Å². The number of para-hydroxylation sites is 1. The van der Waals surface area contributed by atoms with E-state index < -0.39 is 24.3 Å². The number of imidazole rings is 1. The van der Waals surface area contributed by atoms with Gasteiger partial charge in [0.25, 0.3) is 10.1 Å². The number of hydrogen-bond donors (Lipinski definition) is 2. The summed E-state index contributed by atoms with van der Waals surface area (Å²) in [6.07, 6.45) is 0.174. The van der Waals surface area contributed by atoms with E-state index in [-0.39, 0.29) is 32.1 Å². The van der Waals surface area contributed by atoms with Crippen LogP contribution in [-0.2, 0) is 45.9 Å². The first-order valence-electron chi connectivity index (χ1n) is 12.0. The first-order valence-corrected chi connectivity index (χ1v) is 17.3. The number of nitrogens with zero attached hydrogens (tertiary/aromatic N) is 2. The van der Waals surface area contributed by atoms with Gasteiger partial charge in [-0.1, -0.05) is 62.1 Å². The molecule has 0 bridgehead atoms. The number of nitrogens with one attached hydrogen (secondary N) is 1. The van der Waals surface area contributed by atoms with E-state index in [1.165, 1.54) is 0 Å². The normalized spacial score (nSPS) is 12.1. The van der Waals surface area contributed by atoms with E-state index >= 15 is 0 Å². The van der Waals surface area contributed by atoms with Gasteiger partial charge in [0, 0.05) is 14.7 Å². The lowest BCUT2D eigenvalue weighted by molar-refractivity contribution is 0.0872. The maximum Gasteiger partial charge on any atom is 0.407 e. The van der Waals surface area contributed by atoms with Crippen LogP contribution in [-0.4, -0.2) is 49.0 Å². The summed E-state index contributed by atoms with van der Waals surface area (Å²) in [5.74, 6) is 0.295. The van der Waals surface area contributed by atoms with Gasteiger partial charge in [-0.2, -0.15) is 8.42 Å². The largest absolute Gasteiger partial charge is 0.445 e. The van der Waals surface area contributed by atoms with Crippen LogP contribution in [0.25, 0.3) is 11.0 Å². The molecule has 36 heavy (non-hydrogen) atoms. The quantitative estimate of drug-likeness (QED) is 0.187. The number of carbonyl (C=O) groups is 1. The van der Waals surface area contributed by atoms with Crippen LogP contribution < -0.4 is 5.32 Å². The predicted octanol–water partition coefficient (Wildman–Crippen LogP) is 4.60. The van der Waals surface area contributed by atoms with Gasteiger partial charge in [0.15, 0.2) is 0 Å². The number of hydrogen-bond acceptors (Lipinski definition) is 6. The molecule has 2 aromatic carbocycles. The third-order valence-corrected chi connectivity index (χ3v) is 8.11. The van der Waals surface area contributed by atoms with Crippen molar-refractivity contribution in [1.29, 1.82) is 0 Å². The molecule has 3 rings (SSSR count). The minimum absolute atomic E-state index is 0.143. The lowest BCUT2D eigenvalue weighted by Gasteiger charge is -2.17. The van der Waals surface area contributed by atoms with E-state index in [9.17, 15) is 13.2 Å². The number of carbonyl (C=O) groups excluding carboxylic acids is 1. The number of ether oxygens (including phenoxy) is 2. The van der Waals surface area contributed by atoms with Crippen molar-refractivity contribution in [3.05, 3.63) is 65.5 Å². The molecule has 0 unspecified atom stereocenters. The summed E-state index contributed by atoms with van der Waals surface area (Å²) >= 11 is 0. The molecule has 11 heteroatoms. The molecule has 3 aromatic rings. The zero-order valence-corrected chi connectivity index (χ0v) is 22.9. The molecule has 0 saturated heterocycles. The summed E-state index contributed by atoms with van der Waals surface area (Å²) in [6.45, 7) is 8.04. The Labute approximate surface area is 213 Å². The minimum Gasteiger partial charge on any atom is -0.445 e. The molecule has 2 N–H and O–H groups in total. The van der Waals surface area contributed by atoms with Crippen LogP contribution in [0.2, 0.25) is 25.7 Å². The number of alkyl carbamates (subject to hydrolysis) is 1. The highest BCUT2D eigenvalue weighted by Gasteiger charge is 2.17. The fourth-order valence-corrected chi connectivity index (χ4v) is 4.95. The van der Waals surface area contributed by atoms with Crippen LogP contribution in [0.5, 0.6) is 0 Å². The molecule has 1 amide bonds. The average Bonchev–Trinajstić information content (AvgIpc) is 3.16. The SMILES string of the molecule is C[Si](C)(C)CCOCn1c(CNC(=O)OCc2ccccc2)nc2cccc(CCCS(=O)(=O)O)c21. The first kappa shape index (κ1) is 27.8. The molecule has 1 aromatic heterocycles. The Morgan fingerprint density at radius 2 is 1.86 bits per heavy atom. The van der Waals surface area contributed by atoms with Crippen LogP contribution in [0.4, 0.5) is 4.79 Å². The Morgan fingerprint density at radius 1 is 1.11 bits per heavy atom. The lowest BCUT2D eigenvalue weighted by atomic mass is 10.1. The summed E-state index contributed by atoms with van der Waals surface area (Å²) < 4.78 is 44.7. The third kappa shape index (κ3) is 9.05. The Morgan fingerprint density at radius 3 is 2.56 bits per heavy atom. The van der Waals surface area contributed by atoms with E-state index in [0.717, 1.165) is 28.2 Å². The van der Waals surface area contributed by atoms with Gasteiger partial charge in [0.05, 0.1) is 23.3 Å². The third-order valence-electron chi connectivity index (χ3n) is 5.60. The van der Waals surface area contributed by atoms with Gasteiger partial charge in [-0.15, -0.1) is 0 Å². The predicted molar refractivity (Wildman–Crippen MR) is 142 cm³/mol. The summed E-state index contributed by atoms with van der Waals surface area (Å²) in [4.78, 5) is 17.0. The molecule has 0 spiro atoms. The van der Waals surface area contributed by atoms with Crippen molar-refractivity contribution in [3.8, 4) is 0 Å². The lowest BCUT2D eigenvalue weighted by Crippen LogP contribution is -2.26. The van der Waals surface area contributed by atoms with Crippen molar-refractivity contribution in [2.75, 3.05) is 12.4 Å². The van der Waals surface area contributed by atoms with E-state index in [1.807, 2.05) is 53.1 Å². The van der Waals surface area contributed by atoms with E-state index in [1.54, 1.807) is 0 Å². The molecule has 0 aliphatic heterocycles. The zero-order valence-electron chi connectivity index (χ0n) is 21.1. The zero-order chi connectivity index (χ0) is 26.2. The van der Waals surface area contributed by atoms with Crippen molar-refractivity contribution in [1.82, 2.24) is 14.9 Å². The number of amides is 1. The molecular weight excluding hydrogens is 498 g/mol. The van der Waals surface area contributed by atoms with Crippen molar-refractivity contribution in [2.45, 2.75) is 58.4 Å². The van der Waals surface area contributed by atoms with Crippen LogP contribution in [0.15, 0.2) is 48.5 Å². The number of rotatable bonds is 13. The van der Waals surface area contributed by atoms with Crippen molar-refractivity contribution in [3.63, 3.8) is 0 Å². The van der Waals surface area contributed by atoms with Gasteiger partial charge >= 0.3 is 6.09 Å². The van der Waals surface area contributed by atoms with Crippen molar-refractivity contribution < 1.29 is 27.2 Å². The Hall–Kier alpha value is -2.73. The smallest absolute Gasteiger partial charge is 0.407 e. The van der Waals surface area contributed by atoms with Gasteiger partial charge < -0.3 is 19.4 Å². The summed E-state index contributed by atoms with van der Waals surface area (Å²) in [6, 6.07) is 16.1. The Kier molecular flexibility index (Phi) is 9.66. The van der Waals surface area contributed by atoms with Crippen LogP contribution in [0, 0.1) is 0 Å². The summed E-state index contributed by atoms with van der Waals surface area (Å²) in [5, 5.41) is 2.76. The molecule has 0 aliphatic carbocycles. The highest BCUT2D eigenvalue weighted by molar-refractivity contribution is 7.85. The maximum absolute atomic E-state index is 12.3. The summed E-state index contributed by atoms with van der Waals surface area (Å²) in [7, 11) is -5.30. The van der Waals surface area contributed by atoms with Gasteiger partial charge in [0.1, 0.15) is 19.2 Å². The van der Waals surface area contributed by atoms with E-state index in [2.05, 4.69) is 25.0 Å². The molecule has 9 nitrogen and oxygen atoms in total. The van der Waals surface area contributed by atoms with Gasteiger partial charge in [0.2, 0.25) is 0 Å². The number of aromatic nitrogens is 2. The average molecular weight is 534 g/mol. The number of fused-ring (bicyclic) bond motifs is 1. The topological polar surface area (TPSA) is 120 Å². The Balaban J connectivity index is 1.75. The monoisotopic (exact) mass is 533 g/mol. The molecular formula is C25H35N3O6SSi. The maximum atomic E-state index is 12.3. The van der Waals surface area contributed by atoms with E-state index in [0.29, 0.717) is 18.9 Å². The minimum atomic E-state index is -4.03. The number of aryl methyl sites for hydroxylation is 1. The second-order valence-electron chi connectivity index (χ2n) is 9.89. The van der Waals surface area contributed by atoms with Crippen molar-refractivity contribution in [2.24, 2.45) is 0 Å². The fraction of sp³-hybridized carbons (Fsp3) is 0.440. The highest BCUT2D eigenvalue weighted by atomic mass is 32.2. The molecule has 0 fully saturated rings. The standard InChI is InChI=1S/C25H35N3O6SSi/c1-36(2,3)16-14-33-19-28-23(17-26-25(29)34-18-20-9-5-4-6-10-20)27-22-13-7-11-21(24(22)28)12-8-15-35(30,31)32/h4-7,9-11,13H,8,12,14-19H2,1-3H3,(H,26,29)(H,30,31,32). The van der Waals surface area contributed by atoms with Crippen molar-refractivity contribution >= 4 is 35.3 Å². The first-order chi connectivity index (χ1) is 17.0. The fourth-order valence-electron chi connectivity index (χ4n) is 3.69. The number of benzene rings is 2. The molecule has 196 valence electrons. The molecule has 0 radical (unpaired) electrons. The van der Waals surface area contributed by atoms with E-state index in [4.69, 9.17) is 19.0 Å². The molecule has 0 aliphatic rings. The molecule has 0 atom stereocenters. The van der Waals surface area contributed by atoms with Crippen LogP contribution in [0.3, 0.4) is 0 Å².